The molecule has 0 aliphatic rings. The van der Waals surface area contributed by atoms with Crippen molar-refractivity contribution >= 4 is 32.2 Å². The van der Waals surface area contributed by atoms with Crippen molar-refractivity contribution in [3.63, 3.8) is 0 Å². The molecular formula is C14H19NOS2. The van der Waals surface area contributed by atoms with Gasteiger partial charge in [-0.3, -0.25) is 4.21 Å². The number of fused-ring (bicyclic) bond motifs is 1. The molecule has 2 nitrogen and oxygen atoms in total. The maximum absolute atomic E-state index is 11.0. The molecule has 0 fully saturated rings. The van der Waals surface area contributed by atoms with E-state index in [0.717, 1.165) is 18.7 Å². The lowest BCUT2D eigenvalue weighted by Crippen LogP contribution is -2.26. The van der Waals surface area contributed by atoms with Crippen molar-refractivity contribution in [1.29, 1.82) is 0 Å². The zero-order valence-corrected chi connectivity index (χ0v) is 12.4. The Hall–Kier alpha value is -0.710. The molecule has 18 heavy (non-hydrogen) atoms. The zero-order valence-electron chi connectivity index (χ0n) is 10.8. The summed E-state index contributed by atoms with van der Waals surface area (Å²) in [7, 11) is -0.687. The van der Waals surface area contributed by atoms with Crippen molar-refractivity contribution in [2.45, 2.75) is 25.9 Å². The lowest BCUT2D eigenvalue weighted by Gasteiger charge is -2.12. The van der Waals surface area contributed by atoms with E-state index in [-0.39, 0.29) is 0 Å². The Morgan fingerprint density at radius 3 is 2.94 bits per heavy atom. The molecular weight excluding hydrogens is 262 g/mol. The maximum atomic E-state index is 11.0. The Labute approximate surface area is 115 Å². The maximum Gasteiger partial charge on any atom is 0.0346 e. The van der Waals surface area contributed by atoms with E-state index in [0.29, 0.717) is 6.04 Å². The van der Waals surface area contributed by atoms with Crippen molar-refractivity contribution in [2.75, 3.05) is 12.0 Å². The van der Waals surface area contributed by atoms with E-state index in [9.17, 15) is 4.21 Å². The molecule has 1 aromatic heterocycles. The molecule has 0 amide bonds. The second kappa shape index (κ2) is 6.45. The topological polar surface area (TPSA) is 29.1 Å². The van der Waals surface area contributed by atoms with Gasteiger partial charge in [0.25, 0.3) is 0 Å². The van der Waals surface area contributed by atoms with Crippen LogP contribution in [0.1, 0.15) is 18.9 Å². The summed E-state index contributed by atoms with van der Waals surface area (Å²) >= 11 is 1.80. The highest BCUT2D eigenvalue weighted by atomic mass is 32.2. The van der Waals surface area contributed by atoms with Crippen molar-refractivity contribution in [3.05, 3.63) is 35.2 Å². The molecule has 0 spiro atoms. The monoisotopic (exact) mass is 281 g/mol. The second-order valence-corrected chi connectivity index (χ2v) is 7.07. The van der Waals surface area contributed by atoms with Crippen LogP contribution in [0, 0.1) is 0 Å². The second-order valence-electron chi connectivity index (χ2n) is 4.61. The van der Waals surface area contributed by atoms with Gasteiger partial charge < -0.3 is 5.32 Å². The van der Waals surface area contributed by atoms with Crippen LogP contribution in [-0.4, -0.2) is 22.3 Å². The Kier molecular flexibility index (Phi) is 4.92. The molecule has 1 N–H and O–H groups in total. The number of hydrogen-bond donors (Lipinski definition) is 1. The van der Waals surface area contributed by atoms with Crippen LogP contribution in [0.5, 0.6) is 0 Å². The van der Waals surface area contributed by atoms with Crippen LogP contribution in [0.15, 0.2) is 29.6 Å². The van der Waals surface area contributed by atoms with Gasteiger partial charge in [0.05, 0.1) is 0 Å². The average molecular weight is 281 g/mol. The summed E-state index contributed by atoms with van der Waals surface area (Å²) in [5, 5.41) is 7.08. The summed E-state index contributed by atoms with van der Waals surface area (Å²) in [6.07, 6.45) is 2.73. The van der Waals surface area contributed by atoms with E-state index in [1.54, 1.807) is 17.6 Å². The van der Waals surface area contributed by atoms with Crippen LogP contribution in [0.25, 0.3) is 10.1 Å². The van der Waals surface area contributed by atoms with Crippen molar-refractivity contribution in [3.8, 4) is 0 Å². The summed E-state index contributed by atoms with van der Waals surface area (Å²) < 4.78 is 12.4. The summed E-state index contributed by atoms with van der Waals surface area (Å²) in [6, 6.07) is 8.91. The summed E-state index contributed by atoms with van der Waals surface area (Å²) in [5.41, 5.74) is 1.36. The highest BCUT2D eigenvalue weighted by molar-refractivity contribution is 7.84. The average Bonchev–Trinajstić information content (AvgIpc) is 2.77. The molecule has 98 valence electrons. The van der Waals surface area contributed by atoms with Crippen molar-refractivity contribution in [2.24, 2.45) is 0 Å². The minimum Gasteiger partial charge on any atom is -0.310 e. The molecule has 2 atom stereocenters. The minimum absolute atomic E-state index is 0.410. The third-order valence-electron chi connectivity index (χ3n) is 3.04. The molecule has 1 aromatic carbocycles. The summed E-state index contributed by atoms with van der Waals surface area (Å²) in [5.74, 6) is 0.776. The lowest BCUT2D eigenvalue weighted by molar-refractivity contribution is 0.536. The Morgan fingerprint density at radius 1 is 1.39 bits per heavy atom. The molecule has 2 unspecified atom stereocenters. The molecule has 0 aliphatic carbocycles. The third-order valence-corrected chi connectivity index (χ3v) is 4.86. The molecule has 1 heterocycles. The van der Waals surface area contributed by atoms with Gasteiger partial charge in [0.2, 0.25) is 0 Å². The molecule has 0 radical (unpaired) electrons. The molecule has 0 saturated carbocycles. The fourth-order valence-electron chi connectivity index (χ4n) is 1.90. The van der Waals surface area contributed by atoms with Gasteiger partial charge in [0.1, 0.15) is 0 Å². The number of rotatable bonds is 6. The SMILES string of the molecule is CC(CCS(C)=O)NCc1csc2ccccc12. The molecule has 4 heteroatoms. The Morgan fingerprint density at radius 2 is 2.17 bits per heavy atom. The fourth-order valence-corrected chi connectivity index (χ4v) is 3.55. The highest BCUT2D eigenvalue weighted by Gasteiger charge is 2.06. The Balaban J connectivity index is 1.92. The van der Waals surface area contributed by atoms with Gasteiger partial charge in [-0.2, -0.15) is 0 Å². The zero-order chi connectivity index (χ0) is 13.0. The van der Waals surface area contributed by atoms with Crippen LogP contribution in [0.2, 0.25) is 0 Å². The standard InChI is InChI=1S/C14H19NOS2/c1-11(7-8-18(2)16)15-9-12-10-17-14-6-4-3-5-13(12)14/h3-6,10-11,15H,7-9H2,1-2H3. The van der Waals surface area contributed by atoms with Crippen LogP contribution in [0.4, 0.5) is 0 Å². The largest absolute Gasteiger partial charge is 0.310 e. The van der Waals surface area contributed by atoms with Gasteiger partial charge in [-0.05, 0) is 35.7 Å². The quantitative estimate of drug-likeness (QED) is 0.881. The number of nitrogens with one attached hydrogen (secondary N) is 1. The molecule has 0 bridgehead atoms. The fraction of sp³-hybridized carbons (Fsp3) is 0.429. The first kappa shape index (κ1) is 13.7. The van der Waals surface area contributed by atoms with Crippen LogP contribution >= 0.6 is 11.3 Å². The van der Waals surface area contributed by atoms with Gasteiger partial charge in [-0.15, -0.1) is 11.3 Å². The Bertz CT molecular complexity index is 535. The molecule has 0 aliphatic heterocycles. The molecule has 2 rings (SSSR count). The van der Waals surface area contributed by atoms with Crippen LogP contribution in [0.3, 0.4) is 0 Å². The van der Waals surface area contributed by atoms with Crippen LogP contribution < -0.4 is 5.32 Å². The third kappa shape index (κ3) is 3.64. The van der Waals surface area contributed by atoms with Crippen LogP contribution in [-0.2, 0) is 17.3 Å². The van der Waals surface area contributed by atoms with Crippen molar-refractivity contribution in [1.82, 2.24) is 5.32 Å². The first-order valence-corrected chi connectivity index (χ1v) is 8.76. The van der Waals surface area contributed by atoms with Gasteiger partial charge in [-0.25, -0.2) is 0 Å². The lowest BCUT2D eigenvalue weighted by atomic mass is 10.1. The van der Waals surface area contributed by atoms with Crippen molar-refractivity contribution < 1.29 is 4.21 Å². The predicted octanol–water partition coefficient (Wildman–Crippen LogP) is 3.15. The van der Waals surface area contributed by atoms with E-state index in [4.69, 9.17) is 0 Å². The highest BCUT2D eigenvalue weighted by Crippen LogP contribution is 2.25. The summed E-state index contributed by atoms with van der Waals surface area (Å²) in [4.78, 5) is 0. The number of thiophene rings is 1. The van der Waals surface area contributed by atoms with Gasteiger partial charge in [0.15, 0.2) is 0 Å². The van der Waals surface area contributed by atoms with E-state index in [1.165, 1.54) is 15.6 Å². The minimum atomic E-state index is -0.687. The first-order chi connectivity index (χ1) is 8.66. The van der Waals surface area contributed by atoms with Gasteiger partial charge in [-0.1, -0.05) is 18.2 Å². The summed E-state index contributed by atoms with van der Waals surface area (Å²) in [6.45, 7) is 3.04. The van der Waals surface area contributed by atoms with E-state index in [2.05, 4.69) is 41.9 Å². The van der Waals surface area contributed by atoms with E-state index >= 15 is 0 Å². The first-order valence-electron chi connectivity index (χ1n) is 6.15. The van der Waals surface area contributed by atoms with E-state index in [1.807, 2.05) is 0 Å². The molecule has 2 aromatic rings. The normalized spacial score (nSPS) is 14.8. The predicted molar refractivity (Wildman–Crippen MR) is 81.7 cm³/mol. The number of benzene rings is 1. The smallest absolute Gasteiger partial charge is 0.0346 e. The van der Waals surface area contributed by atoms with Gasteiger partial charge >= 0.3 is 0 Å². The van der Waals surface area contributed by atoms with E-state index < -0.39 is 10.8 Å². The van der Waals surface area contributed by atoms with Gasteiger partial charge in [0, 0.05) is 40.1 Å². The number of hydrogen-bond acceptors (Lipinski definition) is 3. The molecule has 0 saturated heterocycles.